The van der Waals surface area contributed by atoms with Crippen LogP contribution in [-0.4, -0.2) is 63.7 Å². The Hall–Kier alpha value is -4.74. The summed E-state index contributed by atoms with van der Waals surface area (Å²) in [6, 6.07) is 14.1. The van der Waals surface area contributed by atoms with Crippen molar-refractivity contribution in [3.63, 3.8) is 0 Å². The molecule has 232 valence electrons. The molecule has 44 heavy (non-hydrogen) atoms. The van der Waals surface area contributed by atoms with E-state index in [0.29, 0.717) is 29.4 Å². The molecule has 0 bridgehead atoms. The third-order valence-electron chi connectivity index (χ3n) is 7.80. The first-order valence-electron chi connectivity index (χ1n) is 14.8. The summed E-state index contributed by atoms with van der Waals surface area (Å²) in [6.45, 7) is 1.64. The summed E-state index contributed by atoms with van der Waals surface area (Å²) in [6.07, 6.45) is 5.40. The fraction of sp³-hybridized carbons (Fsp3) is 0.406. The summed E-state index contributed by atoms with van der Waals surface area (Å²) < 4.78 is 31.1. The lowest BCUT2D eigenvalue weighted by molar-refractivity contribution is -0.142. The molecule has 1 aliphatic carbocycles. The molecule has 2 amide bonds. The minimum atomic E-state index is -1.03. The predicted octanol–water partition coefficient (Wildman–Crippen LogP) is 4.66. The second-order valence-corrected chi connectivity index (χ2v) is 10.8. The lowest BCUT2D eigenvalue weighted by atomic mass is 9.95. The zero-order chi connectivity index (χ0) is 31.1. The predicted molar refractivity (Wildman–Crippen MR) is 159 cm³/mol. The van der Waals surface area contributed by atoms with E-state index in [9.17, 15) is 14.0 Å². The Kier molecular flexibility index (Phi) is 9.88. The molecule has 1 atom stereocenters. The molecule has 0 radical (unpaired) electrons. The summed E-state index contributed by atoms with van der Waals surface area (Å²) in [5, 5.41) is 15.4. The monoisotopic (exact) mass is 604 g/mol. The van der Waals surface area contributed by atoms with Gasteiger partial charge in [-0.15, -0.1) is 10.2 Å². The van der Waals surface area contributed by atoms with Crippen LogP contribution in [0, 0.1) is 12.7 Å². The van der Waals surface area contributed by atoms with E-state index in [1.165, 1.54) is 11.0 Å². The van der Waals surface area contributed by atoms with Crippen molar-refractivity contribution >= 4 is 11.8 Å². The van der Waals surface area contributed by atoms with Crippen LogP contribution >= 0.6 is 0 Å². The van der Waals surface area contributed by atoms with Crippen LogP contribution in [0.25, 0.3) is 11.4 Å². The number of carbonyl (C=O) groups is 2. The molecular weight excluding hydrogens is 567 g/mol. The summed E-state index contributed by atoms with van der Waals surface area (Å²) in [5.74, 6) is 0.937. The van der Waals surface area contributed by atoms with Crippen LogP contribution in [0.15, 0.2) is 59.0 Å². The Morgan fingerprint density at radius 1 is 1.07 bits per heavy atom. The zero-order valence-corrected chi connectivity index (χ0v) is 25.2. The Morgan fingerprint density at radius 3 is 2.55 bits per heavy atom. The maximum Gasteiger partial charge on any atom is 0.250 e. The van der Waals surface area contributed by atoms with Crippen molar-refractivity contribution in [1.29, 1.82) is 0 Å². The minimum Gasteiger partial charge on any atom is -0.493 e. The first kappa shape index (κ1) is 30.7. The van der Waals surface area contributed by atoms with Gasteiger partial charge >= 0.3 is 0 Å². The number of tetrazole rings is 1. The number of nitrogens with one attached hydrogen (secondary N) is 1. The van der Waals surface area contributed by atoms with Crippen LogP contribution < -0.4 is 14.8 Å². The first-order valence-corrected chi connectivity index (χ1v) is 14.8. The minimum absolute atomic E-state index is 0.0259. The van der Waals surface area contributed by atoms with Crippen molar-refractivity contribution in [2.24, 2.45) is 0 Å². The highest BCUT2D eigenvalue weighted by molar-refractivity contribution is 5.88. The number of carbonyl (C=O) groups excluding carboxylic acids is 2. The Morgan fingerprint density at radius 2 is 1.84 bits per heavy atom. The van der Waals surface area contributed by atoms with Crippen LogP contribution in [0.2, 0.25) is 0 Å². The van der Waals surface area contributed by atoms with Crippen molar-refractivity contribution in [3.8, 4) is 22.9 Å². The van der Waals surface area contributed by atoms with Gasteiger partial charge < -0.3 is 24.1 Å². The molecule has 11 nitrogen and oxygen atoms in total. The third kappa shape index (κ3) is 7.24. The van der Waals surface area contributed by atoms with Gasteiger partial charge in [-0.2, -0.15) is 4.80 Å². The average molecular weight is 605 g/mol. The van der Waals surface area contributed by atoms with Gasteiger partial charge in [0.15, 0.2) is 17.5 Å². The molecule has 1 N–H and O–H groups in total. The number of benzene rings is 2. The van der Waals surface area contributed by atoms with Gasteiger partial charge in [0.05, 0.1) is 19.8 Å². The number of halogens is 1. The highest BCUT2D eigenvalue weighted by Crippen LogP contribution is 2.30. The van der Waals surface area contributed by atoms with Gasteiger partial charge in [0.1, 0.15) is 23.9 Å². The van der Waals surface area contributed by atoms with Crippen molar-refractivity contribution in [3.05, 3.63) is 77.5 Å². The van der Waals surface area contributed by atoms with E-state index in [1.807, 2.05) is 12.1 Å². The molecule has 12 heteroatoms. The molecule has 4 aromatic rings. The number of hydrogen-bond donors (Lipinski definition) is 1. The van der Waals surface area contributed by atoms with Crippen LogP contribution in [0.3, 0.4) is 0 Å². The summed E-state index contributed by atoms with van der Waals surface area (Å²) in [5.41, 5.74) is 1.05. The molecule has 5 rings (SSSR count). The topological polar surface area (TPSA) is 125 Å². The van der Waals surface area contributed by atoms with E-state index in [2.05, 4.69) is 20.7 Å². The fourth-order valence-corrected chi connectivity index (χ4v) is 5.51. The third-order valence-corrected chi connectivity index (χ3v) is 7.80. The molecule has 2 aromatic carbocycles. The number of amides is 2. The van der Waals surface area contributed by atoms with Crippen LogP contribution in [0.4, 0.5) is 4.39 Å². The molecule has 2 aromatic heterocycles. The van der Waals surface area contributed by atoms with Gasteiger partial charge in [-0.3, -0.25) is 9.59 Å². The molecule has 0 spiro atoms. The van der Waals surface area contributed by atoms with Gasteiger partial charge in [0.25, 0.3) is 5.91 Å². The van der Waals surface area contributed by atoms with E-state index < -0.39 is 17.8 Å². The quantitative estimate of drug-likeness (QED) is 0.248. The number of nitrogens with zero attached hydrogens (tertiary/aromatic N) is 5. The summed E-state index contributed by atoms with van der Waals surface area (Å²) in [4.78, 5) is 30.6. The van der Waals surface area contributed by atoms with Crippen molar-refractivity contribution < 1.29 is 27.9 Å². The first-order chi connectivity index (χ1) is 21.4. The molecule has 1 fully saturated rings. The second kappa shape index (κ2) is 14.2. The van der Waals surface area contributed by atoms with Crippen molar-refractivity contribution in [2.75, 3.05) is 20.8 Å². The standard InChI is InChI=1S/C32H37FN6O5/c1-21-13-15-27(44-21)30(32(41)34-23-9-5-4-6-10-23)38(18-17-22-14-16-26(42-2)28(19-22)43-3)29(40)20-39-36-31(35-37-39)24-11-7-8-12-25(24)33/h7-8,11-16,19,23,30H,4-6,9-10,17-18,20H2,1-3H3,(H,34,41). The number of furan rings is 1. The molecule has 0 saturated heterocycles. The molecular formula is C32H37FN6O5. The van der Waals surface area contributed by atoms with Crippen molar-refractivity contribution in [2.45, 2.75) is 64.1 Å². The Labute approximate surface area is 255 Å². The van der Waals surface area contributed by atoms with Crippen molar-refractivity contribution in [1.82, 2.24) is 30.4 Å². The van der Waals surface area contributed by atoms with E-state index in [-0.39, 0.29) is 36.4 Å². The molecule has 1 unspecified atom stereocenters. The lowest BCUT2D eigenvalue weighted by Gasteiger charge is -2.32. The fourth-order valence-electron chi connectivity index (χ4n) is 5.51. The highest BCUT2D eigenvalue weighted by atomic mass is 19.1. The number of aryl methyl sites for hydroxylation is 1. The van der Waals surface area contributed by atoms with E-state index in [1.54, 1.807) is 57.5 Å². The van der Waals surface area contributed by atoms with E-state index in [0.717, 1.165) is 42.5 Å². The molecule has 2 heterocycles. The zero-order valence-electron chi connectivity index (χ0n) is 25.2. The van der Waals surface area contributed by atoms with E-state index in [4.69, 9.17) is 13.9 Å². The molecule has 1 aliphatic rings. The van der Waals surface area contributed by atoms with Gasteiger partial charge in [-0.1, -0.05) is 37.5 Å². The van der Waals surface area contributed by atoms with Crippen LogP contribution in [-0.2, 0) is 22.6 Å². The molecule has 0 aliphatic heterocycles. The van der Waals surface area contributed by atoms with Crippen LogP contribution in [0.1, 0.15) is 55.2 Å². The van der Waals surface area contributed by atoms with E-state index >= 15 is 0 Å². The number of rotatable bonds is 12. The number of aromatic nitrogens is 4. The lowest BCUT2D eigenvalue weighted by Crippen LogP contribution is -2.48. The summed E-state index contributed by atoms with van der Waals surface area (Å²) >= 11 is 0. The SMILES string of the molecule is COc1ccc(CCN(C(=O)Cn2nnc(-c3ccccc3F)n2)C(C(=O)NC2CCCCC2)c2ccc(C)o2)cc1OC. The van der Waals surface area contributed by atoms with Crippen LogP contribution in [0.5, 0.6) is 11.5 Å². The van der Waals surface area contributed by atoms with Gasteiger partial charge in [-0.25, -0.2) is 4.39 Å². The normalized spacial score (nSPS) is 14.2. The van der Waals surface area contributed by atoms with Gasteiger partial charge in [0.2, 0.25) is 11.7 Å². The molecule has 1 saturated carbocycles. The number of ether oxygens (including phenoxy) is 2. The maximum atomic E-state index is 14.4. The number of methoxy groups -OCH3 is 2. The Balaban J connectivity index is 1.45. The Bertz CT molecular complexity index is 1580. The second-order valence-electron chi connectivity index (χ2n) is 10.8. The average Bonchev–Trinajstić information content (AvgIpc) is 3.68. The van der Waals surface area contributed by atoms with Gasteiger partial charge in [0, 0.05) is 12.6 Å². The smallest absolute Gasteiger partial charge is 0.250 e. The summed E-state index contributed by atoms with van der Waals surface area (Å²) in [7, 11) is 3.12. The van der Waals surface area contributed by atoms with Gasteiger partial charge in [-0.05, 0) is 73.4 Å². The largest absolute Gasteiger partial charge is 0.493 e. The highest BCUT2D eigenvalue weighted by Gasteiger charge is 2.35. The number of hydrogen-bond acceptors (Lipinski definition) is 8. The maximum absolute atomic E-state index is 14.4.